The van der Waals surface area contributed by atoms with Crippen molar-refractivity contribution in [2.24, 2.45) is 0 Å². The van der Waals surface area contributed by atoms with Gasteiger partial charge in [-0.2, -0.15) is 0 Å². The Morgan fingerprint density at radius 2 is 2.22 bits per heavy atom. The highest BCUT2D eigenvalue weighted by Crippen LogP contribution is 2.23. The molecule has 0 spiro atoms. The minimum Gasteiger partial charge on any atom is -0.482 e. The van der Waals surface area contributed by atoms with Gasteiger partial charge in [0.25, 0.3) is 5.91 Å². The molecule has 0 atom stereocenters. The lowest BCUT2D eigenvalue weighted by atomic mass is 10.2. The van der Waals surface area contributed by atoms with Gasteiger partial charge in [0, 0.05) is 20.3 Å². The fourth-order valence-electron chi connectivity index (χ4n) is 1.42. The first-order chi connectivity index (χ1) is 8.65. The molecule has 0 saturated carbocycles. The Labute approximate surface area is 107 Å². The number of hydrogen-bond donors (Lipinski definition) is 2. The van der Waals surface area contributed by atoms with Crippen molar-refractivity contribution in [3.8, 4) is 5.75 Å². The SMILES string of the molecule is COCCCNC(=O)COc1cccc(C)c1N. The second-order valence-electron chi connectivity index (χ2n) is 3.97. The summed E-state index contributed by atoms with van der Waals surface area (Å²) in [5.41, 5.74) is 7.35. The van der Waals surface area contributed by atoms with Crippen molar-refractivity contribution in [1.82, 2.24) is 5.32 Å². The zero-order chi connectivity index (χ0) is 13.4. The number of nitrogens with one attached hydrogen (secondary N) is 1. The molecule has 0 heterocycles. The Bertz CT molecular complexity index is 394. The molecule has 5 heteroatoms. The van der Waals surface area contributed by atoms with E-state index in [-0.39, 0.29) is 12.5 Å². The van der Waals surface area contributed by atoms with Crippen LogP contribution in [0.4, 0.5) is 5.69 Å². The number of carbonyl (C=O) groups excluding carboxylic acids is 1. The average Bonchev–Trinajstić information content (AvgIpc) is 2.36. The molecule has 1 aromatic rings. The fraction of sp³-hybridized carbons (Fsp3) is 0.462. The van der Waals surface area contributed by atoms with E-state index in [9.17, 15) is 4.79 Å². The number of rotatable bonds is 7. The van der Waals surface area contributed by atoms with Crippen molar-refractivity contribution < 1.29 is 14.3 Å². The van der Waals surface area contributed by atoms with Crippen LogP contribution in [0.2, 0.25) is 0 Å². The van der Waals surface area contributed by atoms with Crippen molar-refractivity contribution in [1.29, 1.82) is 0 Å². The largest absolute Gasteiger partial charge is 0.482 e. The number of aryl methyl sites for hydroxylation is 1. The summed E-state index contributed by atoms with van der Waals surface area (Å²) in [6.07, 6.45) is 0.787. The van der Waals surface area contributed by atoms with Gasteiger partial charge < -0.3 is 20.5 Å². The highest BCUT2D eigenvalue weighted by molar-refractivity contribution is 5.77. The second-order valence-corrected chi connectivity index (χ2v) is 3.97. The summed E-state index contributed by atoms with van der Waals surface area (Å²) >= 11 is 0. The van der Waals surface area contributed by atoms with Gasteiger partial charge in [0.15, 0.2) is 6.61 Å². The lowest BCUT2D eigenvalue weighted by Crippen LogP contribution is -2.30. The maximum atomic E-state index is 11.5. The van der Waals surface area contributed by atoms with Crippen LogP contribution >= 0.6 is 0 Å². The number of carbonyl (C=O) groups is 1. The molecule has 0 bridgehead atoms. The highest BCUT2D eigenvalue weighted by atomic mass is 16.5. The molecule has 0 aromatic heterocycles. The van der Waals surface area contributed by atoms with Crippen molar-refractivity contribution in [3.05, 3.63) is 23.8 Å². The van der Waals surface area contributed by atoms with Crippen LogP contribution in [0.3, 0.4) is 0 Å². The first-order valence-corrected chi connectivity index (χ1v) is 5.88. The van der Waals surface area contributed by atoms with E-state index in [1.165, 1.54) is 0 Å². The van der Waals surface area contributed by atoms with Gasteiger partial charge in [-0.15, -0.1) is 0 Å². The molecule has 0 radical (unpaired) electrons. The normalized spacial score (nSPS) is 10.1. The Hall–Kier alpha value is -1.75. The third-order valence-corrected chi connectivity index (χ3v) is 2.49. The lowest BCUT2D eigenvalue weighted by Gasteiger charge is -2.10. The number of ether oxygens (including phenoxy) is 2. The van der Waals surface area contributed by atoms with Gasteiger partial charge in [0.2, 0.25) is 0 Å². The van der Waals surface area contributed by atoms with Crippen molar-refractivity contribution >= 4 is 11.6 Å². The van der Waals surface area contributed by atoms with Crippen LogP contribution < -0.4 is 15.8 Å². The van der Waals surface area contributed by atoms with Gasteiger partial charge in [-0.25, -0.2) is 0 Å². The Balaban J connectivity index is 2.32. The third kappa shape index (κ3) is 4.63. The molecule has 18 heavy (non-hydrogen) atoms. The molecule has 100 valence electrons. The van der Waals surface area contributed by atoms with E-state index in [4.69, 9.17) is 15.2 Å². The number of para-hydroxylation sites is 1. The summed E-state index contributed by atoms with van der Waals surface area (Å²) < 4.78 is 10.3. The van der Waals surface area contributed by atoms with Crippen LogP contribution in [0.15, 0.2) is 18.2 Å². The second kappa shape index (κ2) is 7.55. The van der Waals surface area contributed by atoms with Gasteiger partial charge in [-0.3, -0.25) is 4.79 Å². The van der Waals surface area contributed by atoms with Crippen molar-refractivity contribution in [2.45, 2.75) is 13.3 Å². The van der Waals surface area contributed by atoms with Crippen LogP contribution in [0.25, 0.3) is 0 Å². The van der Waals surface area contributed by atoms with E-state index >= 15 is 0 Å². The van der Waals surface area contributed by atoms with E-state index < -0.39 is 0 Å². The first kappa shape index (κ1) is 14.3. The number of amides is 1. The summed E-state index contributed by atoms with van der Waals surface area (Å²) in [6.45, 7) is 3.08. The highest BCUT2D eigenvalue weighted by Gasteiger charge is 2.05. The number of nitrogen functional groups attached to an aromatic ring is 1. The van der Waals surface area contributed by atoms with Gasteiger partial charge in [0.1, 0.15) is 5.75 Å². The van der Waals surface area contributed by atoms with Crippen LogP contribution in [0.1, 0.15) is 12.0 Å². The van der Waals surface area contributed by atoms with E-state index in [0.29, 0.717) is 24.6 Å². The van der Waals surface area contributed by atoms with Gasteiger partial charge in [0.05, 0.1) is 5.69 Å². The van der Waals surface area contributed by atoms with Crippen molar-refractivity contribution in [3.63, 3.8) is 0 Å². The van der Waals surface area contributed by atoms with E-state index in [1.807, 2.05) is 19.1 Å². The molecular formula is C13H20N2O3. The molecular weight excluding hydrogens is 232 g/mol. The summed E-state index contributed by atoms with van der Waals surface area (Å²) in [6, 6.07) is 5.49. The summed E-state index contributed by atoms with van der Waals surface area (Å²) in [7, 11) is 1.63. The molecule has 1 amide bonds. The standard InChI is InChI=1S/C13H20N2O3/c1-10-5-3-6-11(13(10)14)18-9-12(16)15-7-4-8-17-2/h3,5-6H,4,7-9,14H2,1-2H3,(H,15,16). The summed E-state index contributed by atoms with van der Waals surface area (Å²) in [5.74, 6) is 0.383. The summed E-state index contributed by atoms with van der Waals surface area (Å²) in [5, 5.41) is 2.74. The minimum absolute atomic E-state index is 0.0271. The monoisotopic (exact) mass is 252 g/mol. The number of hydrogen-bond acceptors (Lipinski definition) is 4. The maximum absolute atomic E-state index is 11.5. The number of methoxy groups -OCH3 is 1. The van der Waals surface area contributed by atoms with E-state index in [1.54, 1.807) is 13.2 Å². The first-order valence-electron chi connectivity index (χ1n) is 5.88. The predicted octanol–water partition coefficient (Wildman–Crippen LogP) is 1.11. The molecule has 3 N–H and O–H groups in total. The summed E-state index contributed by atoms with van der Waals surface area (Å²) in [4.78, 5) is 11.5. The van der Waals surface area contributed by atoms with Gasteiger partial charge >= 0.3 is 0 Å². The molecule has 0 saturated heterocycles. The third-order valence-electron chi connectivity index (χ3n) is 2.49. The average molecular weight is 252 g/mol. The quantitative estimate of drug-likeness (QED) is 0.563. The fourth-order valence-corrected chi connectivity index (χ4v) is 1.42. The zero-order valence-electron chi connectivity index (χ0n) is 10.9. The van der Waals surface area contributed by atoms with Crippen LogP contribution in [-0.2, 0) is 9.53 Å². The van der Waals surface area contributed by atoms with Gasteiger partial charge in [-0.05, 0) is 25.0 Å². The van der Waals surface area contributed by atoms with Crippen LogP contribution in [0.5, 0.6) is 5.75 Å². The van der Waals surface area contributed by atoms with Gasteiger partial charge in [-0.1, -0.05) is 12.1 Å². The maximum Gasteiger partial charge on any atom is 0.257 e. The van der Waals surface area contributed by atoms with Crippen molar-refractivity contribution in [2.75, 3.05) is 32.6 Å². The number of anilines is 1. The molecule has 1 rings (SSSR count). The van der Waals surface area contributed by atoms with Crippen LogP contribution in [-0.4, -0.2) is 32.8 Å². The Morgan fingerprint density at radius 1 is 1.44 bits per heavy atom. The number of benzene rings is 1. The molecule has 0 aliphatic heterocycles. The van der Waals surface area contributed by atoms with E-state index in [0.717, 1.165) is 12.0 Å². The minimum atomic E-state index is -0.160. The smallest absolute Gasteiger partial charge is 0.257 e. The predicted molar refractivity (Wildman–Crippen MR) is 70.6 cm³/mol. The van der Waals surface area contributed by atoms with Crippen LogP contribution in [0, 0.1) is 6.92 Å². The van der Waals surface area contributed by atoms with E-state index in [2.05, 4.69) is 5.32 Å². The molecule has 0 fully saturated rings. The molecule has 0 aliphatic carbocycles. The molecule has 0 unspecified atom stereocenters. The Kier molecular flexibility index (Phi) is 6.00. The zero-order valence-corrected chi connectivity index (χ0v) is 10.9. The molecule has 1 aromatic carbocycles. The molecule has 5 nitrogen and oxygen atoms in total. The Morgan fingerprint density at radius 3 is 2.94 bits per heavy atom. The number of nitrogens with two attached hydrogens (primary N) is 1. The topological polar surface area (TPSA) is 73.6 Å². The molecule has 0 aliphatic rings. The lowest BCUT2D eigenvalue weighted by molar-refractivity contribution is -0.123.